The summed E-state index contributed by atoms with van der Waals surface area (Å²) >= 11 is 0. The number of benzene rings is 1. The van der Waals surface area contributed by atoms with Crippen LogP contribution in [0, 0.1) is 6.92 Å². The topological polar surface area (TPSA) is 93.1 Å². The van der Waals surface area contributed by atoms with Crippen molar-refractivity contribution < 1.29 is 13.2 Å². The maximum absolute atomic E-state index is 12.3. The van der Waals surface area contributed by atoms with E-state index in [2.05, 4.69) is 15.1 Å². The molecule has 2 N–H and O–H groups in total. The SMILES string of the molecule is CCn1cc(CNS(=O)(=O)c2ccc(NC(C)=O)cc2)c(C)n1. The molecule has 0 saturated heterocycles. The smallest absolute Gasteiger partial charge is 0.240 e. The zero-order valence-corrected chi connectivity index (χ0v) is 14.1. The van der Waals surface area contributed by atoms with Crippen LogP contribution in [-0.2, 0) is 27.9 Å². The minimum Gasteiger partial charge on any atom is -0.326 e. The molecule has 2 rings (SSSR count). The minimum absolute atomic E-state index is 0.145. The average Bonchev–Trinajstić information content (AvgIpc) is 2.86. The molecular formula is C15H20N4O3S. The molecule has 0 fully saturated rings. The summed E-state index contributed by atoms with van der Waals surface area (Å²) in [5.74, 6) is -0.206. The Morgan fingerprint density at radius 3 is 2.43 bits per heavy atom. The first-order chi connectivity index (χ1) is 10.8. The highest BCUT2D eigenvalue weighted by Crippen LogP contribution is 2.15. The van der Waals surface area contributed by atoms with E-state index in [4.69, 9.17) is 0 Å². The van der Waals surface area contributed by atoms with Gasteiger partial charge in [0.05, 0.1) is 10.6 Å². The van der Waals surface area contributed by atoms with E-state index in [1.54, 1.807) is 16.8 Å². The van der Waals surface area contributed by atoms with E-state index in [0.29, 0.717) is 5.69 Å². The number of rotatable bonds is 6. The van der Waals surface area contributed by atoms with Gasteiger partial charge in [-0.3, -0.25) is 9.48 Å². The van der Waals surface area contributed by atoms with Crippen LogP contribution in [0.4, 0.5) is 5.69 Å². The molecule has 2 aromatic rings. The summed E-state index contributed by atoms with van der Waals surface area (Å²) in [5, 5.41) is 6.88. The summed E-state index contributed by atoms with van der Waals surface area (Å²) in [5.41, 5.74) is 2.19. The van der Waals surface area contributed by atoms with E-state index in [0.717, 1.165) is 17.8 Å². The van der Waals surface area contributed by atoms with Crippen molar-refractivity contribution >= 4 is 21.6 Å². The van der Waals surface area contributed by atoms with Crippen LogP contribution in [-0.4, -0.2) is 24.1 Å². The molecular weight excluding hydrogens is 316 g/mol. The van der Waals surface area contributed by atoms with Crippen molar-refractivity contribution in [2.24, 2.45) is 0 Å². The van der Waals surface area contributed by atoms with Gasteiger partial charge in [-0.1, -0.05) is 0 Å². The van der Waals surface area contributed by atoms with E-state index >= 15 is 0 Å². The zero-order chi connectivity index (χ0) is 17.0. The standard InChI is InChI=1S/C15H20N4O3S/c1-4-19-10-13(11(2)18-19)9-16-23(21,22)15-7-5-14(6-8-15)17-12(3)20/h5-8,10,16H,4,9H2,1-3H3,(H,17,20). The Morgan fingerprint density at radius 2 is 1.91 bits per heavy atom. The van der Waals surface area contributed by atoms with Gasteiger partial charge in [0.2, 0.25) is 15.9 Å². The summed E-state index contributed by atoms with van der Waals surface area (Å²) in [7, 11) is -3.62. The number of amides is 1. The van der Waals surface area contributed by atoms with Gasteiger partial charge in [0.1, 0.15) is 0 Å². The third-order valence-corrected chi connectivity index (χ3v) is 4.73. The van der Waals surface area contributed by atoms with Gasteiger partial charge in [0.25, 0.3) is 0 Å². The van der Waals surface area contributed by atoms with E-state index in [9.17, 15) is 13.2 Å². The normalized spacial score (nSPS) is 11.4. The number of sulfonamides is 1. The lowest BCUT2D eigenvalue weighted by molar-refractivity contribution is -0.114. The highest BCUT2D eigenvalue weighted by molar-refractivity contribution is 7.89. The van der Waals surface area contributed by atoms with Crippen molar-refractivity contribution in [1.29, 1.82) is 0 Å². The summed E-state index contributed by atoms with van der Waals surface area (Å²) < 4.78 is 28.9. The van der Waals surface area contributed by atoms with E-state index in [-0.39, 0.29) is 17.3 Å². The molecule has 0 aliphatic rings. The number of nitrogens with one attached hydrogen (secondary N) is 2. The number of anilines is 1. The molecule has 0 saturated carbocycles. The quantitative estimate of drug-likeness (QED) is 0.839. The fraction of sp³-hybridized carbons (Fsp3) is 0.333. The van der Waals surface area contributed by atoms with Crippen LogP contribution in [0.25, 0.3) is 0 Å². The molecule has 7 nitrogen and oxygen atoms in total. The molecule has 0 bridgehead atoms. The lowest BCUT2D eigenvalue weighted by Gasteiger charge is -2.07. The van der Waals surface area contributed by atoms with E-state index in [1.807, 2.05) is 20.0 Å². The highest BCUT2D eigenvalue weighted by atomic mass is 32.2. The Morgan fingerprint density at radius 1 is 1.26 bits per heavy atom. The van der Waals surface area contributed by atoms with Crippen LogP contribution in [0.3, 0.4) is 0 Å². The second kappa shape index (κ2) is 6.93. The molecule has 1 heterocycles. The van der Waals surface area contributed by atoms with Gasteiger partial charge in [-0.2, -0.15) is 5.10 Å². The molecule has 1 aromatic carbocycles. The summed E-state index contributed by atoms with van der Waals surface area (Å²) in [6, 6.07) is 6.01. The molecule has 23 heavy (non-hydrogen) atoms. The lowest BCUT2D eigenvalue weighted by atomic mass is 10.3. The predicted molar refractivity (Wildman–Crippen MR) is 87.4 cm³/mol. The van der Waals surface area contributed by atoms with Crippen LogP contribution >= 0.6 is 0 Å². The first kappa shape index (κ1) is 17.2. The number of carbonyl (C=O) groups excluding carboxylic acids is 1. The van der Waals surface area contributed by atoms with E-state index in [1.165, 1.54) is 19.1 Å². The van der Waals surface area contributed by atoms with Gasteiger partial charge in [-0.25, -0.2) is 13.1 Å². The Balaban J connectivity index is 2.09. The predicted octanol–water partition coefficient (Wildman–Crippen LogP) is 1.65. The van der Waals surface area contributed by atoms with Gasteiger partial charge in [0.15, 0.2) is 0 Å². The Hall–Kier alpha value is -2.19. The van der Waals surface area contributed by atoms with Crippen LogP contribution in [0.2, 0.25) is 0 Å². The van der Waals surface area contributed by atoms with Crippen molar-refractivity contribution in [3.05, 3.63) is 41.7 Å². The van der Waals surface area contributed by atoms with Crippen LogP contribution < -0.4 is 10.0 Å². The number of aromatic nitrogens is 2. The first-order valence-electron chi connectivity index (χ1n) is 7.22. The van der Waals surface area contributed by atoms with Crippen LogP contribution in [0.15, 0.2) is 35.4 Å². The van der Waals surface area contributed by atoms with Crippen molar-refractivity contribution in [1.82, 2.24) is 14.5 Å². The molecule has 1 aromatic heterocycles. The maximum atomic E-state index is 12.3. The van der Waals surface area contributed by atoms with Gasteiger partial charge in [0, 0.05) is 37.5 Å². The van der Waals surface area contributed by atoms with Crippen LogP contribution in [0.1, 0.15) is 25.1 Å². The molecule has 8 heteroatoms. The maximum Gasteiger partial charge on any atom is 0.240 e. The number of nitrogens with zero attached hydrogens (tertiary/aromatic N) is 2. The molecule has 0 spiro atoms. The number of hydrogen-bond donors (Lipinski definition) is 2. The summed E-state index contributed by atoms with van der Waals surface area (Å²) in [6.45, 7) is 6.12. The highest BCUT2D eigenvalue weighted by Gasteiger charge is 2.15. The van der Waals surface area contributed by atoms with Crippen molar-refractivity contribution in [3.63, 3.8) is 0 Å². The van der Waals surface area contributed by atoms with Gasteiger partial charge < -0.3 is 5.32 Å². The average molecular weight is 336 g/mol. The molecule has 0 unspecified atom stereocenters. The fourth-order valence-corrected chi connectivity index (χ4v) is 3.08. The Bertz CT molecular complexity index is 795. The molecule has 0 radical (unpaired) electrons. The second-order valence-corrected chi connectivity index (χ2v) is 6.89. The molecule has 124 valence electrons. The summed E-state index contributed by atoms with van der Waals surface area (Å²) in [6.07, 6.45) is 1.83. The third-order valence-electron chi connectivity index (χ3n) is 3.31. The number of carbonyl (C=O) groups is 1. The fourth-order valence-electron chi connectivity index (χ4n) is 2.07. The van der Waals surface area contributed by atoms with E-state index < -0.39 is 10.0 Å². The molecule has 0 aliphatic heterocycles. The number of aryl methyl sites for hydroxylation is 2. The second-order valence-electron chi connectivity index (χ2n) is 5.13. The van der Waals surface area contributed by atoms with Crippen molar-refractivity contribution in [2.45, 2.75) is 38.8 Å². The largest absolute Gasteiger partial charge is 0.326 e. The van der Waals surface area contributed by atoms with Gasteiger partial charge >= 0.3 is 0 Å². The first-order valence-corrected chi connectivity index (χ1v) is 8.70. The summed E-state index contributed by atoms with van der Waals surface area (Å²) in [4.78, 5) is 11.1. The lowest BCUT2D eigenvalue weighted by Crippen LogP contribution is -2.23. The Kier molecular flexibility index (Phi) is 5.17. The molecule has 1 amide bonds. The monoisotopic (exact) mass is 336 g/mol. The minimum atomic E-state index is -3.62. The van der Waals surface area contributed by atoms with Crippen molar-refractivity contribution in [2.75, 3.05) is 5.32 Å². The number of hydrogen-bond acceptors (Lipinski definition) is 4. The van der Waals surface area contributed by atoms with Crippen molar-refractivity contribution in [3.8, 4) is 0 Å². The Labute approximate surface area is 135 Å². The van der Waals surface area contributed by atoms with Gasteiger partial charge in [-0.15, -0.1) is 0 Å². The zero-order valence-electron chi connectivity index (χ0n) is 13.3. The molecule has 0 atom stereocenters. The van der Waals surface area contributed by atoms with Gasteiger partial charge in [-0.05, 0) is 38.1 Å². The van der Waals surface area contributed by atoms with Crippen LogP contribution in [0.5, 0.6) is 0 Å². The third kappa shape index (κ3) is 4.40. The molecule has 0 aliphatic carbocycles.